The Hall–Kier alpha value is 0.911. The Bertz CT molecular complexity index is 91.1. The predicted octanol–water partition coefficient (Wildman–Crippen LogP) is 0.0284. The van der Waals surface area contributed by atoms with Gasteiger partial charge < -0.3 is 4.79 Å². The number of ketones is 1. The van der Waals surface area contributed by atoms with Crippen molar-refractivity contribution >= 4 is 61.0 Å². The van der Waals surface area contributed by atoms with Crippen LogP contribution in [0.3, 0.4) is 0 Å². The van der Waals surface area contributed by atoms with Crippen LogP contribution in [-0.4, -0.2) is 61.0 Å². The molecule has 0 aliphatic rings. The first-order valence-electron chi connectivity index (χ1n) is 2.76. The molecule has 0 atom stereocenters. The predicted molar refractivity (Wildman–Crippen MR) is 39.1 cm³/mol. The van der Waals surface area contributed by atoms with Gasteiger partial charge in [0.2, 0.25) is 0 Å². The molecule has 0 amide bonds. The SMILES string of the molecule is CCCC(=O)CC=O.[BaH2]. The van der Waals surface area contributed by atoms with Crippen LogP contribution in [0, 0.1) is 0 Å². The molecule has 0 unspecified atom stereocenters. The van der Waals surface area contributed by atoms with Gasteiger partial charge in [-0.2, -0.15) is 0 Å². The summed E-state index contributed by atoms with van der Waals surface area (Å²) in [5.41, 5.74) is 0. The van der Waals surface area contributed by atoms with Crippen LogP contribution in [0.1, 0.15) is 26.2 Å². The monoisotopic (exact) mass is 254 g/mol. The summed E-state index contributed by atoms with van der Waals surface area (Å²) in [7, 11) is 0. The van der Waals surface area contributed by atoms with E-state index < -0.39 is 0 Å². The van der Waals surface area contributed by atoms with Gasteiger partial charge in [0.05, 0.1) is 6.42 Å². The fraction of sp³-hybridized carbons (Fsp3) is 0.667. The Morgan fingerprint density at radius 1 is 1.56 bits per heavy atom. The molecule has 0 heterocycles. The molecule has 0 radical (unpaired) electrons. The second kappa shape index (κ2) is 8.91. The number of rotatable bonds is 4. The number of aldehydes is 1. The Morgan fingerprint density at radius 2 is 2.11 bits per heavy atom. The normalized spacial score (nSPS) is 7.67. The van der Waals surface area contributed by atoms with Gasteiger partial charge in [0.15, 0.2) is 0 Å². The van der Waals surface area contributed by atoms with Gasteiger partial charge in [0.25, 0.3) is 0 Å². The summed E-state index contributed by atoms with van der Waals surface area (Å²) < 4.78 is 0. The Morgan fingerprint density at radius 3 is 2.44 bits per heavy atom. The average Bonchev–Trinajstić information content (AvgIpc) is 1.68. The van der Waals surface area contributed by atoms with E-state index in [0.717, 1.165) is 6.42 Å². The zero-order valence-electron chi connectivity index (χ0n) is 5.02. The van der Waals surface area contributed by atoms with Crippen LogP contribution in [0.5, 0.6) is 0 Å². The maximum atomic E-state index is 10.4. The van der Waals surface area contributed by atoms with Gasteiger partial charge >= 0.3 is 48.9 Å². The topological polar surface area (TPSA) is 34.1 Å². The Kier molecular flexibility index (Phi) is 12.5. The Balaban J connectivity index is 0. The third-order valence-electron chi connectivity index (χ3n) is 0.840. The van der Waals surface area contributed by atoms with E-state index in [-0.39, 0.29) is 61.1 Å². The second-order valence-corrected chi connectivity index (χ2v) is 1.66. The van der Waals surface area contributed by atoms with E-state index in [4.69, 9.17) is 0 Å². The maximum absolute atomic E-state index is 10.4. The van der Waals surface area contributed by atoms with Gasteiger partial charge in [-0.25, -0.2) is 0 Å². The summed E-state index contributed by atoms with van der Waals surface area (Å²) in [6.07, 6.45) is 2.12. The summed E-state index contributed by atoms with van der Waals surface area (Å²) in [6.45, 7) is 1.92. The molecule has 0 aromatic rings. The minimum absolute atomic E-state index is 0. The van der Waals surface area contributed by atoms with Gasteiger partial charge in [-0.05, 0) is 6.42 Å². The van der Waals surface area contributed by atoms with E-state index in [2.05, 4.69) is 0 Å². The zero-order chi connectivity index (χ0) is 6.41. The van der Waals surface area contributed by atoms with Crippen molar-refractivity contribution in [2.75, 3.05) is 0 Å². The third kappa shape index (κ3) is 8.91. The number of Topliss-reactive ketones (excluding diaryl/α,β-unsaturated/α-hetero) is 1. The van der Waals surface area contributed by atoms with Crippen LogP contribution in [0.15, 0.2) is 0 Å². The molecule has 50 valence electrons. The number of hydrogen-bond donors (Lipinski definition) is 0. The summed E-state index contributed by atoms with van der Waals surface area (Å²) in [5.74, 6) is 0.0440. The van der Waals surface area contributed by atoms with Crippen LogP contribution in [0.25, 0.3) is 0 Å². The van der Waals surface area contributed by atoms with Crippen LogP contribution < -0.4 is 0 Å². The summed E-state index contributed by atoms with van der Waals surface area (Å²) >= 11 is 0. The molecule has 0 N–H and O–H groups in total. The van der Waals surface area contributed by atoms with Gasteiger partial charge in [-0.3, -0.25) is 4.79 Å². The van der Waals surface area contributed by atoms with E-state index in [9.17, 15) is 9.59 Å². The average molecular weight is 253 g/mol. The Labute approximate surface area is 95.5 Å². The first-order valence-corrected chi connectivity index (χ1v) is 2.76. The van der Waals surface area contributed by atoms with Crippen molar-refractivity contribution in [3.63, 3.8) is 0 Å². The zero-order valence-corrected chi connectivity index (χ0v) is 5.02. The number of hydrogen-bond acceptors (Lipinski definition) is 2. The van der Waals surface area contributed by atoms with E-state index in [1.807, 2.05) is 6.92 Å². The van der Waals surface area contributed by atoms with Crippen LogP contribution in [-0.2, 0) is 9.59 Å². The standard InChI is InChI=1S/C6H10O2.Ba.2H/c1-2-3-6(8)4-5-7;;;/h5H,2-4H2,1H3;;;. The van der Waals surface area contributed by atoms with Gasteiger partial charge in [0, 0.05) is 6.42 Å². The fourth-order valence-electron chi connectivity index (χ4n) is 0.474. The molecule has 0 rings (SSSR count). The molecular weight excluding hydrogens is 241 g/mol. The fourth-order valence-corrected chi connectivity index (χ4v) is 0.474. The van der Waals surface area contributed by atoms with Crippen molar-refractivity contribution in [2.45, 2.75) is 26.2 Å². The van der Waals surface area contributed by atoms with Gasteiger partial charge in [-0.15, -0.1) is 0 Å². The van der Waals surface area contributed by atoms with Crippen molar-refractivity contribution in [3.8, 4) is 0 Å². The van der Waals surface area contributed by atoms with Crippen molar-refractivity contribution in [2.24, 2.45) is 0 Å². The molecule has 0 saturated carbocycles. The van der Waals surface area contributed by atoms with Crippen LogP contribution in [0.2, 0.25) is 0 Å². The molecule has 0 spiro atoms. The van der Waals surface area contributed by atoms with Crippen molar-refractivity contribution < 1.29 is 9.59 Å². The van der Waals surface area contributed by atoms with Crippen molar-refractivity contribution in [1.29, 1.82) is 0 Å². The second-order valence-electron chi connectivity index (χ2n) is 1.66. The molecule has 9 heavy (non-hydrogen) atoms. The van der Waals surface area contributed by atoms with Crippen molar-refractivity contribution in [3.05, 3.63) is 0 Å². The van der Waals surface area contributed by atoms with E-state index >= 15 is 0 Å². The molecule has 0 aliphatic carbocycles. The molecule has 0 aromatic heterocycles. The third-order valence-corrected chi connectivity index (χ3v) is 0.840. The van der Waals surface area contributed by atoms with E-state index in [1.54, 1.807) is 0 Å². The molecule has 2 nitrogen and oxygen atoms in total. The summed E-state index contributed by atoms with van der Waals surface area (Å²) in [6, 6.07) is 0. The number of carbonyl (C=O) groups excluding carboxylic acids is 2. The quantitative estimate of drug-likeness (QED) is 0.402. The first kappa shape index (κ1) is 12.6. The summed E-state index contributed by atoms with van der Waals surface area (Å²) in [5, 5.41) is 0. The molecule has 0 fully saturated rings. The molecule has 0 bridgehead atoms. The van der Waals surface area contributed by atoms with Crippen molar-refractivity contribution in [1.82, 2.24) is 0 Å². The molecule has 3 heteroatoms. The van der Waals surface area contributed by atoms with Gasteiger partial charge in [-0.1, -0.05) is 6.92 Å². The first-order chi connectivity index (χ1) is 3.81. The minimum atomic E-state index is 0. The van der Waals surface area contributed by atoms with Gasteiger partial charge in [0.1, 0.15) is 12.1 Å². The van der Waals surface area contributed by atoms with Crippen LogP contribution >= 0.6 is 0 Å². The van der Waals surface area contributed by atoms with E-state index in [0.29, 0.717) is 12.7 Å². The molecule has 0 aromatic carbocycles. The number of carbonyl (C=O) groups is 2. The summed E-state index contributed by atoms with van der Waals surface area (Å²) in [4.78, 5) is 20.1. The van der Waals surface area contributed by atoms with Crippen LogP contribution in [0.4, 0.5) is 0 Å². The van der Waals surface area contributed by atoms with E-state index in [1.165, 1.54) is 0 Å². The molecule has 0 aliphatic heterocycles. The molecule has 0 saturated heterocycles. The molecular formula is C6H12BaO2.